The van der Waals surface area contributed by atoms with Gasteiger partial charge in [-0.25, -0.2) is 4.79 Å². The first-order valence-electron chi connectivity index (χ1n) is 6.04. The molecule has 6 nitrogen and oxygen atoms in total. The number of β-amino-alcohol motifs (C(OH)–C–C–N with tert-alkyl or cyclic N) is 1. The summed E-state index contributed by atoms with van der Waals surface area (Å²) < 4.78 is 10.4. The lowest BCUT2D eigenvalue weighted by Crippen LogP contribution is -2.42. The SMILES string of the molecule is COc1cc2c(cc1OC)NC(=O)N(CC(C)O)C2. The summed E-state index contributed by atoms with van der Waals surface area (Å²) in [6, 6.07) is 3.36. The van der Waals surface area contributed by atoms with Gasteiger partial charge in [0.15, 0.2) is 11.5 Å². The minimum Gasteiger partial charge on any atom is -0.493 e. The van der Waals surface area contributed by atoms with Gasteiger partial charge in [0.25, 0.3) is 0 Å². The van der Waals surface area contributed by atoms with Crippen molar-refractivity contribution in [3.63, 3.8) is 0 Å². The Hall–Kier alpha value is -1.95. The Morgan fingerprint density at radius 1 is 1.37 bits per heavy atom. The highest BCUT2D eigenvalue weighted by Crippen LogP contribution is 2.35. The number of carbonyl (C=O) groups excluding carboxylic acids is 1. The molecule has 0 radical (unpaired) electrons. The summed E-state index contributed by atoms with van der Waals surface area (Å²) in [5.41, 5.74) is 1.64. The fourth-order valence-electron chi connectivity index (χ4n) is 2.11. The second kappa shape index (κ2) is 5.36. The van der Waals surface area contributed by atoms with Gasteiger partial charge in [-0.3, -0.25) is 0 Å². The predicted octanol–water partition coefficient (Wildman–Crippen LogP) is 1.43. The second-order valence-corrected chi connectivity index (χ2v) is 4.52. The van der Waals surface area contributed by atoms with Crippen LogP contribution < -0.4 is 14.8 Å². The van der Waals surface area contributed by atoms with E-state index in [2.05, 4.69) is 5.32 Å². The maximum Gasteiger partial charge on any atom is 0.322 e. The third-order valence-electron chi connectivity index (χ3n) is 2.98. The lowest BCUT2D eigenvalue weighted by atomic mass is 10.1. The first-order chi connectivity index (χ1) is 9.05. The van der Waals surface area contributed by atoms with Gasteiger partial charge in [-0.05, 0) is 18.6 Å². The summed E-state index contributed by atoms with van der Waals surface area (Å²) in [5, 5.41) is 12.2. The number of fused-ring (bicyclic) bond motifs is 1. The molecule has 2 N–H and O–H groups in total. The molecule has 1 aromatic carbocycles. The molecule has 0 saturated carbocycles. The number of carbonyl (C=O) groups is 1. The van der Waals surface area contributed by atoms with E-state index >= 15 is 0 Å². The van der Waals surface area contributed by atoms with Crippen LogP contribution >= 0.6 is 0 Å². The third-order valence-corrected chi connectivity index (χ3v) is 2.98. The zero-order valence-corrected chi connectivity index (χ0v) is 11.3. The zero-order chi connectivity index (χ0) is 14.0. The molecule has 104 valence electrons. The normalized spacial score (nSPS) is 15.6. The molecular weight excluding hydrogens is 248 g/mol. The highest BCUT2D eigenvalue weighted by molar-refractivity contribution is 5.93. The number of anilines is 1. The van der Waals surface area contributed by atoms with Crippen LogP contribution in [-0.2, 0) is 6.54 Å². The quantitative estimate of drug-likeness (QED) is 0.865. The molecule has 0 spiro atoms. The van der Waals surface area contributed by atoms with Gasteiger partial charge < -0.3 is 24.8 Å². The van der Waals surface area contributed by atoms with Crippen LogP contribution in [0.1, 0.15) is 12.5 Å². The number of hydrogen-bond donors (Lipinski definition) is 2. The lowest BCUT2D eigenvalue weighted by molar-refractivity contribution is 0.134. The number of aliphatic hydroxyl groups is 1. The van der Waals surface area contributed by atoms with Crippen molar-refractivity contribution in [1.82, 2.24) is 4.90 Å². The molecule has 0 aliphatic carbocycles. The van der Waals surface area contributed by atoms with E-state index in [0.717, 1.165) is 5.56 Å². The topological polar surface area (TPSA) is 71.0 Å². The van der Waals surface area contributed by atoms with Gasteiger partial charge in [0.1, 0.15) is 0 Å². The molecule has 0 aromatic heterocycles. The fraction of sp³-hybridized carbons (Fsp3) is 0.462. The first-order valence-corrected chi connectivity index (χ1v) is 6.04. The van der Waals surface area contributed by atoms with E-state index in [-0.39, 0.29) is 6.03 Å². The van der Waals surface area contributed by atoms with Crippen molar-refractivity contribution < 1.29 is 19.4 Å². The molecular formula is C13H18N2O4. The van der Waals surface area contributed by atoms with Crippen LogP contribution in [0.2, 0.25) is 0 Å². The van der Waals surface area contributed by atoms with E-state index in [9.17, 15) is 9.90 Å². The van der Waals surface area contributed by atoms with Crippen LogP contribution in [0, 0.1) is 0 Å². The zero-order valence-electron chi connectivity index (χ0n) is 11.3. The molecule has 1 atom stereocenters. The van der Waals surface area contributed by atoms with Gasteiger partial charge in [-0.1, -0.05) is 0 Å². The Bertz CT molecular complexity index is 488. The molecule has 1 unspecified atom stereocenters. The van der Waals surface area contributed by atoms with E-state index in [0.29, 0.717) is 30.3 Å². The average Bonchev–Trinajstić information content (AvgIpc) is 2.37. The van der Waals surface area contributed by atoms with Crippen molar-refractivity contribution in [2.45, 2.75) is 19.6 Å². The fourth-order valence-corrected chi connectivity index (χ4v) is 2.11. The molecule has 19 heavy (non-hydrogen) atoms. The van der Waals surface area contributed by atoms with Crippen LogP contribution in [-0.4, -0.2) is 42.9 Å². The number of amides is 2. The first kappa shape index (κ1) is 13.5. The van der Waals surface area contributed by atoms with Crippen LogP contribution in [0.25, 0.3) is 0 Å². The van der Waals surface area contributed by atoms with Crippen molar-refractivity contribution in [3.8, 4) is 11.5 Å². The minimum atomic E-state index is -0.563. The molecule has 2 amide bonds. The molecule has 2 rings (SSSR count). The van der Waals surface area contributed by atoms with Crippen molar-refractivity contribution in [2.75, 3.05) is 26.1 Å². The van der Waals surface area contributed by atoms with Gasteiger partial charge in [-0.2, -0.15) is 0 Å². The molecule has 0 saturated heterocycles. The molecule has 1 aliphatic heterocycles. The van der Waals surface area contributed by atoms with Crippen LogP contribution in [0.5, 0.6) is 11.5 Å². The van der Waals surface area contributed by atoms with E-state index in [1.165, 1.54) is 0 Å². The maximum atomic E-state index is 11.9. The Kier molecular flexibility index (Phi) is 3.80. The second-order valence-electron chi connectivity index (χ2n) is 4.52. The van der Waals surface area contributed by atoms with Gasteiger partial charge in [0.05, 0.1) is 26.0 Å². The smallest absolute Gasteiger partial charge is 0.322 e. The Morgan fingerprint density at radius 2 is 2.00 bits per heavy atom. The summed E-state index contributed by atoms with van der Waals surface area (Å²) in [7, 11) is 3.12. The van der Waals surface area contributed by atoms with Gasteiger partial charge >= 0.3 is 6.03 Å². The number of hydrogen-bond acceptors (Lipinski definition) is 4. The van der Waals surface area contributed by atoms with Gasteiger partial charge in [-0.15, -0.1) is 0 Å². The van der Waals surface area contributed by atoms with Crippen molar-refractivity contribution in [3.05, 3.63) is 17.7 Å². The lowest BCUT2D eigenvalue weighted by Gasteiger charge is -2.30. The van der Waals surface area contributed by atoms with Crippen LogP contribution in [0.4, 0.5) is 10.5 Å². The van der Waals surface area contributed by atoms with E-state index in [1.54, 1.807) is 32.1 Å². The summed E-state index contributed by atoms with van der Waals surface area (Å²) in [5.74, 6) is 1.19. The Balaban J connectivity index is 2.31. The molecule has 1 heterocycles. The minimum absolute atomic E-state index is 0.222. The number of ether oxygens (including phenoxy) is 2. The third kappa shape index (κ3) is 2.73. The number of methoxy groups -OCH3 is 2. The predicted molar refractivity (Wildman–Crippen MR) is 70.7 cm³/mol. The number of aliphatic hydroxyl groups excluding tert-OH is 1. The number of nitrogens with one attached hydrogen (secondary N) is 1. The Morgan fingerprint density at radius 3 is 2.58 bits per heavy atom. The van der Waals surface area contributed by atoms with E-state index < -0.39 is 6.10 Å². The summed E-state index contributed by atoms with van der Waals surface area (Å²) in [6.45, 7) is 2.38. The Labute approximate surface area is 111 Å². The van der Waals surface area contributed by atoms with Gasteiger partial charge in [0, 0.05) is 19.2 Å². The largest absolute Gasteiger partial charge is 0.493 e. The number of benzene rings is 1. The molecule has 0 bridgehead atoms. The molecule has 6 heteroatoms. The van der Waals surface area contributed by atoms with Crippen LogP contribution in [0.15, 0.2) is 12.1 Å². The van der Waals surface area contributed by atoms with E-state index in [4.69, 9.17) is 9.47 Å². The average molecular weight is 266 g/mol. The molecule has 1 aliphatic rings. The van der Waals surface area contributed by atoms with Crippen molar-refractivity contribution in [1.29, 1.82) is 0 Å². The number of nitrogens with zero attached hydrogens (tertiary/aromatic N) is 1. The standard InChI is InChI=1S/C13H18N2O4/c1-8(16)6-15-7-9-4-11(18-2)12(19-3)5-10(9)14-13(15)17/h4-5,8,16H,6-7H2,1-3H3,(H,14,17). The van der Waals surface area contributed by atoms with E-state index in [1.807, 2.05) is 6.07 Å². The molecule has 0 fully saturated rings. The number of rotatable bonds is 4. The molecule has 1 aromatic rings. The van der Waals surface area contributed by atoms with Crippen molar-refractivity contribution >= 4 is 11.7 Å². The monoisotopic (exact) mass is 266 g/mol. The maximum absolute atomic E-state index is 11.9. The van der Waals surface area contributed by atoms with Crippen LogP contribution in [0.3, 0.4) is 0 Å². The van der Waals surface area contributed by atoms with Gasteiger partial charge in [0.2, 0.25) is 0 Å². The highest BCUT2D eigenvalue weighted by Gasteiger charge is 2.25. The number of urea groups is 1. The van der Waals surface area contributed by atoms with Crippen molar-refractivity contribution in [2.24, 2.45) is 0 Å². The highest BCUT2D eigenvalue weighted by atomic mass is 16.5. The summed E-state index contributed by atoms with van der Waals surface area (Å²) >= 11 is 0. The summed E-state index contributed by atoms with van der Waals surface area (Å²) in [4.78, 5) is 13.4. The summed E-state index contributed by atoms with van der Waals surface area (Å²) in [6.07, 6.45) is -0.563.